The lowest BCUT2D eigenvalue weighted by atomic mass is 9.74. The maximum absolute atomic E-state index is 11.0. The number of methoxy groups -OCH3 is 1. The van der Waals surface area contributed by atoms with Crippen LogP contribution in [-0.4, -0.2) is 24.2 Å². The highest BCUT2D eigenvalue weighted by atomic mass is 16.5. The lowest BCUT2D eigenvalue weighted by Gasteiger charge is -2.31. The summed E-state index contributed by atoms with van der Waals surface area (Å²) in [7, 11) is 1.35. The molecule has 0 aromatic carbocycles. The Labute approximate surface area is 116 Å². The zero-order chi connectivity index (χ0) is 15.1. The van der Waals surface area contributed by atoms with Crippen molar-refractivity contribution in [1.29, 1.82) is 0 Å². The Morgan fingerprint density at radius 3 is 1.95 bits per heavy atom. The monoisotopic (exact) mass is 272 g/mol. The van der Waals surface area contributed by atoms with Crippen LogP contribution in [0.15, 0.2) is 0 Å². The zero-order valence-corrected chi connectivity index (χ0v) is 12.9. The summed E-state index contributed by atoms with van der Waals surface area (Å²) in [5, 5.41) is 9.02. The van der Waals surface area contributed by atoms with Gasteiger partial charge in [-0.3, -0.25) is 9.59 Å². The first-order chi connectivity index (χ1) is 8.69. The summed E-state index contributed by atoms with van der Waals surface area (Å²) in [6.07, 6.45) is 5.84. The molecular weight excluding hydrogens is 244 g/mol. The normalized spacial score (nSPS) is 23.0. The number of ether oxygens (including phenoxy) is 1. The topological polar surface area (TPSA) is 63.6 Å². The van der Waals surface area contributed by atoms with E-state index in [-0.39, 0.29) is 5.97 Å². The van der Waals surface area contributed by atoms with Crippen molar-refractivity contribution < 1.29 is 19.4 Å². The highest BCUT2D eigenvalue weighted by Gasteiger charge is 2.31. The largest absolute Gasteiger partial charge is 0.481 e. The molecule has 0 aromatic rings. The van der Waals surface area contributed by atoms with Gasteiger partial charge in [0, 0.05) is 6.92 Å². The van der Waals surface area contributed by atoms with Crippen molar-refractivity contribution in [2.24, 2.45) is 17.3 Å². The Morgan fingerprint density at radius 2 is 1.63 bits per heavy atom. The number of rotatable bonds is 3. The van der Waals surface area contributed by atoms with Crippen molar-refractivity contribution in [3.63, 3.8) is 0 Å². The first-order valence-electron chi connectivity index (χ1n) is 6.97. The van der Waals surface area contributed by atoms with E-state index in [1.807, 2.05) is 13.8 Å². The molecule has 0 aromatic heterocycles. The van der Waals surface area contributed by atoms with Crippen LogP contribution in [0.5, 0.6) is 0 Å². The maximum atomic E-state index is 11.0. The summed E-state index contributed by atoms with van der Waals surface area (Å²) in [6, 6.07) is 0. The highest BCUT2D eigenvalue weighted by molar-refractivity contribution is 5.73. The van der Waals surface area contributed by atoms with Gasteiger partial charge in [-0.25, -0.2) is 0 Å². The Bertz CT molecular complexity index is 289. The fraction of sp³-hybridized carbons (Fsp3) is 0.867. The van der Waals surface area contributed by atoms with Gasteiger partial charge in [-0.2, -0.15) is 0 Å². The molecule has 1 fully saturated rings. The van der Waals surface area contributed by atoms with Gasteiger partial charge in [0.25, 0.3) is 0 Å². The van der Waals surface area contributed by atoms with Crippen LogP contribution in [0.1, 0.15) is 59.8 Å². The van der Waals surface area contributed by atoms with Crippen LogP contribution < -0.4 is 0 Å². The summed E-state index contributed by atoms with van der Waals surface area (Å²) in [4.78, 5) is 20.5. The van der Waals surface area contributed by atoms with Crippen LogP contribution in [0, 0.1) is 17.3 Å². The maximum Gasteiger partial charge on any atom is 0.309 e. The van der Waals surface area contributed by atoms with E-state index < -0.39 is 11.4 Å². The number of carbonyl (C=O) groups excluding carboxylic acids is 1. The van der Waals surface area contributed by atoms with Gasteiger partial charge in [-0.1, -0.05) is 32.6 Å². The molecule has 0 atom stereocenters. The molecule has 0 heterocycles. The third kappa shape index (κ3) is 7.85. The molecule has 0 radical (unpaired) electrons. The number of esters is 1. The molecule has 1 aliphatic carbocycles. The number of hydrogen-bond acceptors (Lipinski definition) is 3. The second-order valence-electron chi connectivity index (χ2n) is 6.21. The van der Waals surface area contributed by atoms with E-state index in [2.05, 4.69) is 11.7 Å². The van der Waals surface area contributed by atoms with Gasteiger partial charge in [-0.15, -0.1) is 0 Å². The van der Waals surface area contributed by atoms with Crippen molar-refractivity contribution in [2.45, 2.75) is 59.8 Å². The van der Waals surface area contributed by atoms with E-state index in [1.54, 1.807) is 0 Å². The van der Waals surface area contributed by atoms with Crippen molar-refractivity contribution in [3.05, 3.63) is 0 Å². The summed E-state index contributed by atoms with van der Waals surface area (Å²) in [6.45, 7) is 7.33. The molecule has 1 aliphatic rings. The van der Waals surface area contributed by atoms with Gasteiger partial charge >= 0.3 is 11.9 Å². The summed E-state index contributed by atoms with van der Waals surface area (Å²) < 4.78 is 4.11. The standard InChI is InChI=1S/C12H22O2.C3H6O2/c1-9-4-6-10(7-5-9)8-12(2,3)11(13)14;1-3(4)5-2/h9-10H,4-8H2,1-3H3,(H,13,14);1-2H3. The molecule has 0 amide bonds. The molecule has 1 rings (SSSR count). The average Bonchev–Trinajstić information content (AvgIpc) is 2.32. The van der Waals surface area contributed by atoms with E-state index in [0.29, 0.717) is 5.92 Å². The molecule has 0 unspecified atom stereocenters. The molecule has 0 spiro atoms. The van der Waals surface area contributed by atoms with E-state index in [9.17, 15) is 9.59 Å². The molecular formula is C15H28O4. The number of carboxylic acid groups (broad SMARTS) is 1. The third-order valence-corrected chi connectivity index (χ3v) is 3.80. The highest BCUT2D eigenvalue weighted by Crippen LogP contribution is 2.36. The van der Waals surface area contributed by atoms with Crippen LogP contribution in [0.4, 0.5) is 0 Å². The van der Waals surface area contributed by atoms with Gasteiger partial charge in [0.05, 0.1) is 12.5 Å². The molecule has 1 saturated carbocycles. The van der Waals surface area contributed by atoms with Crippen LogP contribution >= 0.6 is 0 Å². The van der Waals surface area contributed by atoms with Crippen LogP contribution in [-0.2, 0) is 14.3 Å². The molecule has 4 heteroatoms. The minimum absolute atomic E-state index is 0.245. The lowest BCUT2D eigenvalue weighted by Crippen LogP contribution is -2.28. The molecule has 1 N–H and O–H groups in total. The van der Waals surface area contributed by atoms with Gasteiger partial charge in [-0.05, 0) is 32.1 Å². The van der Waals surface area contributed by atoms with E-state index in [0.717, 1.165) is 12.3 Å². The minimum atomic E-state index is -0.656. The van der Waals surface area contributed by atoms with E-state index in [1.165, 1.54) is 39.7 Å². The van der Waals surface area contributed by atoms with Gasteiger partial charge < -0.3 is 9.84 Å². The smallest absolute Gasteiger partial charge is 0.309 e. The van der Waals surface area contributed by atoms with Gasteiger partial charge in [0.15, 0.2) is 0 Å². The quantitative estimate of drug-likeness (QED) is 0.799. The molecule has 4 nitrogen and oxygen atoms in total. The fourth-order valence-electron chi connectivity index (χ4n) is 2.34. The first-order valence-corrected chi connectivity index (χ1v) is 6.97. The minimum Gasteiger partial charge on any atom is -0.481 e. The zero-order valence-electron chi connectivity index (χ0n) is 12.9. The predicted octanol–water partition coefficient (Wildman–Crippen LogP) is 3.49. The third-order valence-electron chi connectivity index (χ3n) is 3.80. The second-order valence-corrected chi connectivity index (χ2v) is 6.21. The number of carboxylic acids is 1. The molecule has 0 bridgehead atoms. The van der Waals surface area contributed by atoms with E-state index >= 15 is 0 Å². The molecule has 19 heavy (non-hydrogen) atoms. The summed E-state index contributed by atoms with van der Waals surface area (Å²) in [5.74, 6) is 0.581. The first kappa shape index (κ1) is 17.9. The lowest BCUT2D eigenvalue weighted by molar-refractivity contribution is -0.148. The fourth-order valence-corrected chi connectivity index (χ4v) is 2.34. The Balaban J connectivity index is 0.000000555. The van der Waals surface area contributed by atoms with Crippen molar-refractivity contribution in [3.8, 4) is 0 Å². The van der Waals surface area contributed by atoms with Crippen molar-refractivity contribution in [2.75, 3.05) is 7.11 Å². The Morgan fingerprint density at radius 1 is 1.21 bits per heavy atom. The van der Waals surface area contributed by atoms with Crippen LogP contribution in [0.2, 0.25) is 0 Å². The second kappa shape index (κ2) is 8.18. The van der Waals surface area contributed by atoms with Crippen molar-refractivity contribution in [1.82, 2.24) is 0 Å². The number of hydrogen-bond donors (Lipinski definition) is 1. The molecule has 112 valence electrons. The van der Waals surface area contributed by atoms with Crippen molar-refractivity contribution >= 4 is 11.9 Å². The van der Waals surface area contributed by atoms with Gasteiger partial charge in [0.1, 0.15) is 0 Å². The predicted molar refractivity (Wildman–Crippen MR) is 74.8 cm³/mol. The van der Waals surface area contributed by atoms with Crippen LogP contribution in [0.25, 0.3) is 0 Å². The molecule has 0 aliphatic heterocycles. The summed E-state index contributed by atoms with van der Waals surface area (Å²) in [5.41, 5.74) is -0.536. The van der Waals surface area contributed by atoms with Crippen LogP contribution in [0.3, 0.4) is 0 Å². The number of carbonyl (C=O) groups is 2. The van der Waals surface area contributed by atoms with E-state index in [4.69, 9.17) is 5.11 Å². The number of aliphatic carboxylic acids is 1. The molecule has 0 saturated heterocycles. The Kier molecular flexibility index (Phi) is 7.72. The summed E-state index contributed by atoms with van der Waals surface area (Å²) >= 11 is 0. The SMILES string of the molecule is CC1CCC(CC(C)(C)C(=O)O)CC1.COC(C)=O. The Hall–Kier alpha value is -1.06. The average molecular weight is 272 g/mol. The van der Waals surface area contributed by atoms with Gasteiger partial charge in [0.2, 0.25) is 0 Å².